The molecule has 1 fully saturated rings. The van der Waals surface area contributed by atoms with Gasteiger partial charge in [0.05, 0.1) is 5.69 Å². The molecule has 0 spiro atoms. The third-order valence-corrected chi connectivity index (χ3v) is 5.42. The molecule has 2 rings (SSSR count). The van der Waals surface area contributed by atoms with Gasteiger partial charge in [0.1, 0.15) is 4.90 Å². The Kier molecular flexibility index (Phi) is 5.01. The lowest BCUT2D eigenvalue weighted by molar-refractivity contribution is 0.194. The third-order valence-electron chi connectivity index (χ3n) is 3.92. The van der Waals surface area contributed by atoms with Gasteiger partial charge in [0.2, 0.25) is 10.0 Å². The van der Waals surface area contributed by atoms with E-state index < -0.39 is 10.0 Å². The molecule has 5 nitrogen and oxygen atoms in total. The maximum atomic E-state index is 12.2. The lowest BCUT2D eigenvalue weighted by Gasteiger charge is -2.31. The molecule has 0 amide bonds. The molecule has 0 radical (unpaired) electrons. The minimum absolute atomic E-state index is 0.172. The molecule has 6 heteroatoms. The van der Waals surface area contributed by atoms with Crippen LogP contribution in [0.15, 0.2) is 29.2 Å². The van der Waals surface area contributed by atoms with Crippen LogP contribution < -0.4 is 10.5 Å². The zero-order chi connectivity index (χ0) is 14.6. The highest BCUT2D eigenvalue weighted by molar-refractivity contribution is 7.89. The van der Waals surface area contributed by atoms with Gasteiger partial charge in [-0.15, -0.1) is 0 Å². The summed E-state index contributed by atoms with van der Waals surface area (Å²) in [6.45, 7) is 5.82. The molecule has 0 aliphatic carbocycles. The van der Waals surface area contributed by atoms with E-state index in [4.69, 9.17) is 5.73 Å². The number of hydrogen-bond donors (Lipinski definition) is 2. The standard InChI is InChI=1S/C14H23N3O2S/c1-2-17-9-7-12(8-10-17)11-16-20(18,19)14-6-4-3-5-13(14)15/h3-6,12,16H,2,7-11,15H2,1H3. The summed E-state index contributed by atoms with van der Waals surface area (Å²) in [5.41, 5.74) is 6.02. The second kappa shape index (κ2) is 6.56. The van der Waals surface area contributed by atoms with Crippen molar-refractivity contribution in [2.45, 2.75) is 24.7 Å². The highest BCUT2D eigenvalue weighted by Gasteiger charge is 2.22. The van der Waals surface area contributed by atoms with E-state index >= 15 is 0 Å². The van der Waals surface area contributed by atoms with Gasteiger partial charge >= 0.3 is 0 Å². The van der Waals surface area contributed by atoms with Crippen LogP contribution in [0.5, 0.6) is 0 Å². The fraction of sp³-hybridized carbons (Fsp3) is 0.571. The first-order chi connectivity index (χ1) is 9.53. The van der Waals surface area contributed by atoms with Crippen molar-refractivity contribution in [2.75, 3.05) is 31.9 Å². The van der Waals surface area contributed by atoms with Gasteiger partial charge in [0.15, 0.2) is 0 Å². The first kappa shape index (κ1) is 15.3. The van der Waals surface area contributed by atoms with Crippen LogP contribution in [0.1, 0.15) is 19.8 Å². The van der Waals surface area contributed by atoms with Gasteiger partial charge in [-0.05, 0) is 50.5 Å². The maximum absolute atomic E-state index is 12.2. The Balaban J connectivity index is 1.92. The number of nitrogens with two attached hydrogens (primary N) is 1. The number of nitrogens with zero attached hydrogens (tertiary/aromatic N) is 1. The van der Waals surface area contributed by atoms with Crippen molar-refractivity contribution in [1.82, 2.24) is 9.62 Å². The zero-order valence-corrected chi connectivity index (χ0v) is 12.7. The molecule has 1 saturated heterocycles. The van der Waals surface area contributed by atoms with Crippen molar-refractivity contribution in [3.63, 3.8) is 0 Å². The van der Waals surface area contributed by atoms with Crippen LogP contribution in [0.4, 0.5) is 5.69 Å². The molecular formula is C14H23N3O2S. The number of para-hydroxylation sites is 1. The van der Waals surface area contributed by atoms with Crippen molar-refractivity contribution < 1.29 is 8.42 Å². The second-order valence-electron chi connectivity index (χ2n) is 5.27. The van der Waals surface area contributed by atoms with E-state index in [0.717, 1.165) is 32.5 Å². The van der Waals surface area contributed by atoms with Crippen molar-refractivity contribution in [3.05, 3.63) is 24.3 Å². The molecule has 0 aromatic heterocycles. The first-order valence-electron chi connectivity index (χ1n) is 7.09. The lowest BCUT2D eigenvalue weighted by Crippen LogP contribution is -2.38. The average molecular weight is 297 g/mol. The zero-order valence-electron chi connectivity index (χ0n) is 11.9. The minimum Gasteiger partial charge on any atom is -0.398 e. The van der Waals surface area contributed by atoms with E-state index in [2.05, 4.69) is 16.5 Å². The number of sulfonamides is 1. The number of hydrogen-bond acceptors (Lipinski definition) is 4. The highest BCUT2D eigenvalue weighted by Crippen LogP contribution is 2.19. The van der Waals surface area contributed by atoms with Crippen molar-refractivity contribution in [3.8, 4) is 0 Å². The van der Waals surface area contributed by atoms with Crippen molar-refractivity contribution >= 4 is 15.7 Å². The summed E-state index contributed by atoms with van der Waals surface area (Å²) in [5, 5.41) is 0. The summed E-state index contributed by atoms with van der Waals surface area (Å²) in [4.78, 5) is 2.56. The molecule has 1 aromatic rings. The molecule has 0 atom stereocenters. The van der Waals surface area contributed by atoms with E-state index in [9.17, 15) is 8.42 Å². The largest absolute Gasteiger partial charge is 0.398 e. The number of rotatable bonds is 5. The molecule has 1 heterocycles. The Morgan fingerprint density at radius 3 is 2.55 bits per heavy atom. The number of likely N-dealkylation sites (tertiary alicyclic amines) is 1. The summed E-state index contributed by atoms with van der Waals surface area (Å²) in [6.07, 6.45) is 2.08. The summed E-state index contributed by atoms with van der Waals surface area (Å²) in [6, 6.07) is 6.56. The SMILES string of the molecule is CCN1CCC(CNS(=O)(=O)c2ccccc2N)CC1. The van der Waals surface area contributed by atoms with Crippen LogP contribution in [0.25, 0.3) is 0 Å². The summed E-state index contributed by atoms with van der Waals surface area (Å²) >= 11 is 0. The number of nitrogens with one attached hydrogen (secondary N) is 1. The Labute approximate surface area is 121 Å². The van der Waals surface area contributed by atoms with Crippen LogP contribution in [-0.2, 0) is 10.0 Å². The van der Waals surface area contributed by atoms with Crippen molar-refractivity contribution in [1.29, 1.82) is 0 Å². The van der Waals surface area contributed by atoms with Gasteiger partial charge in [0, 0.05) is 6.54 Å². The minimum atomic E-state index is -3.50. The Bertz CT molecular complexity index is 537. The molecule has 20 heavy (non-hydrogen) atoms. The van der Waals surface area contributed by atoms with Gasteiger partial charge in [-0.2, -0.15) is 0 Å². The van der Waals surface area contributed by atoms with Crippen LogP contribution in [0.3, 0.4) is 0 Å². The normalized spacial score (nSPS) is 18.2. The molecule has 0 bridgehead atoms. The Morgan fingerprint density at radius 2 is 1.95 bits per heavy atom. The quantitative estimate of drug-likeness (QED) is 0.803. The first-order valence-corrected chi connectivity index (χ1v) is 8.57. The third kappa shape index (κ3) is 3.71. The molecule has 1 aliphatic rings. The number of benzene rings is 1. The van der Waals surface area contributed by atoms with Crippen LogP contribution >= 0.6 is 0 Å². The van der Waals surface area contributed by atoms with Gasteiger partial charge in [0.25, 0.3) is 0 Å². The lowest BCUT2D eigenvalue weighted by atomic mass is 9.97. The molecule has 0 unspecified atom stereocenters. The van der Waals surface area contributed by atoms with E-state index in [1.807, 2.05) is 0 Å². The van der Waals surface area contributed by atoms with Crippen LogP contribution in [0, 0.1) is 5.92 Å². The fourth-order valence-electron chi connectivity index (χ4n) is 2.54. The fourth-order valence-corrected chi connectivity index (χ4v) is 3.78. The second-order valence-corrected chi connectivity index (χ2v) is 7.00. The summed E-state index contributed by atoms with van der Waals surface area (Å²) < 4.78 is 27.1. The Morgan fingerprint density at radius 1 is 1.30 bits per heavy atom. The summed E-state index contributed by atoms with van der Waals surface area (Å²) in [7, 11) is -3.50. The molecular weight excluding hydrogens is 274 g/mol. The maximum Gasteiger partial charge on any atom is 0.242 e. The monoisotopic (exact) mass is 297 g/mol. The molecule has 1 aromatic carbocycles. The average Bonchev–Trinajstić information content (AvgIpc) is 2.46. The van der Waals surface area contributed by atoms with E-state index in [1.54, 1.807) is 18.2 Å². The Hall–Kier alpha value is -1.11. The van der Waals surface area contributed by atoms with Crippen LogP contribution in [0.2, 0.25) is 0 Å². The molecule has 112 valence electrons. The number of anilines is 1. The van der Waals surface area contributed by atoms with Crippen LogP contribution in [-0.4, -0.2) is 39.5 Å². The van der Waals surface area contributed by atoms with Gasteiger partial charge in [-0.3, -0.25) is 0 Å². The smallest absolute Gasteiger partial charge is 0.242 e. The topological polar surface area (TPSA) is 75.4 Å². The number of nitrogen functional groups attached to an aromatic ring is 1. The molecule has 3 N–H and O–H groups in total. The van der Waals surface area contributed by atoms with Crippen molar-refractivity contribution in [2.24, 2.45) is 5.92 Å². The molecule has 0 saturated carbocycles. The highest BCUT2D eigenvalue weighted by atomic mass is 32.2. The summed E-state index contributed by atoms with van der Waals surface area (Å²) in [5.74, 6) is 0.414. The van der Waals surface area contributed by atoms with Gasteiger partial charge < -0.3 is 10.6 Å². The van der Waals surface area contributed by atoms with E-state index in [0.29, 0.717) is 18.2 Å². The van der Waals surface area contributed by atoms with Gasteiger partial charge in [-0.25, -0.2) is 13.1 Å². The molecule has 1 aliphatic heterocycles. The predicted molar refractivity (Wildman–Crippen MR) is 80.9 cm³/mol. The predicted octanol–water partition coefficient (Wildman–Crippen LogP) is 1.28. The number of piperidine rings is 1. The van der Waals surface area contributed by atoms with Gasteiger partial charge in [-0.1, -0.05) is 19.1 Å². The van der Waals surface area contributed by atoms with E-state index in [-0.39, 0.29) is 4.90 Å². The van der Waals surface area contributed by atoms with E-state index in [1.165, 1.54) is 6.07 Å².